The fourth-order valence-corrected chi connectivity index (χ4v) is 3.63. The first-order chi connectivity index (χ1) is 11.3. The molecular formula is C18H31N5. The lowest BCUT2D eigenvalue weighted by Gasteiger charge is -2.31. The predicted octanol–water partition coefficient (Wildman–Crippen LogP) is 2.75. The van der Waals surface area contributed by atoms with E-state index in [9.17, 15) is 0 Å². The Labute approximate surface area is 140 Å². The van der Waals surface area contributed by atoms with Crippen molar-refractivity contribution in [1.82, 2.24) is 14.9 Å². The van der Waals surface area contributed by atoms with Crippen LogP contribution in [-0.2, 0) is 0 Å². The molecule has 5 heteroatoms. The molecule has 0 atom stereocenters. The van der Waals surface area contributed by atoms with Gasteiger partial charge < -0.3 is 16.0 Å². The van der Waals surface area contributed by atoms with Crippen molar-refractivity contribution >= 4 is 5.82 Å². The topological polar surface area (TPSA) is 67.1 Å². The molecule has 3 N–H and O–H groups in total. The van der Waals surface area contributed by atoms with Gasteiger partial charge in [-0.2, -0.15) is 0 Å². The fraction of sp³-hybridized carbons (Fsp3) is 0.778. The van der Waals surface area contributed by atoms with Crippen molar-refractivity contribution in [2.75, 3.05) is 31.5 Å². The van der Waals surface area contributed by atoms with Gasteiger partial charge in [0.05, 0.1) is 0 Å². The third kappa shape index (κ3) is 5.15. The van der Waals surface area contributed by atoms with Gasteiger partial charge in [-0.25, -0.2) is 9.97 Å². The van der Waals surface area contributed by atoms with Crippen molar-refractivity contribution in [2.45, 2.75) is 63.3 Å². The van der Waals surface area contributed by atoms with Gasteiger partial charge in [-0.05, 0) is 58.2 Å². The normalized spacial score (nSPS) is 25.6. The summed E-state index contributed by atoms with van der Waals surface area (Å²) in [5.74, 6) is 1.50. The summed E-state index contributed by atoms with van der Waals surface area (Å²) < 4.78 is 0. The summed E-state index contributed by atoms with van der Waals surface area (Å²) >= 11 is 0. The smallest absolute Gasteiger partial charge is 0.129 e. The molecule has 2 fully saturated rings. The summed E-state index contributed by atoms with van der Waals surface area (Å²) in [6.45, 7) is 4.84. The number of likely N-dealkylation sites (tertiary alicyclic amines) is 1. The first-order valence-electron chi connectivity index (χ1n) is 9.35. The maximum Gasteiger partial charge on any atom is 0.129 e. The van der Waals surface area contributed by atoms with Crippen molar-refractivity contribution in [2.24, 2.45) is 5.73 Å². The van der Waals surface area contributed by atoms with Crippen LogP contribution >= 0.6 is 0 Å². The van der Waals surface area contributed by atoms with Gasteiger partial charge in [0.15, 0.2) is 0 Å². The van der Waals surface area contributed by atoms with Crippen LogP contribution < -0.4 is 11.1 Å². The lowest BCUT2D eigenvalue weighted by atomic mass is 9.79. The lowest BCUT2D eigenvalue weighted by molar-refractivity contribution is 0.280. The Hall–Kier alpha value is -1.20. The van der Waals surface area contributed by atoms with Crippen LogP contribution in [0, 0.1) is 0 Å². The summed E-state index contributed by atoms with van der Waals surface area (Å²) in [5.41, 5.74) is 7.01. The van der Waals surface area contributed by atoms with Crippen LogP contribution in [0.25, 0.3) is 0 Å². The Bertz CT molecular complexity index is 464. The predicted molar refractivity (Wildman–Crippen MR) is 94.6 cm³/mol. The first kappa shape index (κ1) is 16.7. The Morgan fingerprint density at radius 3 is 2.61 bits per heavy atom. The van der Waals surface area contributed by atoms with Gasteiger partial charge in [0, 0.05) is 30.3 Å². The molecule has 1 aliphatic heterocycles. The number of nitrogens with zero attached hydrogens (tertiary/aromatic N) is 3. The van der Waals surface area contributed by atoms with Gasteiger partial charge in [-0.15, -0.1) is 0 Å². The number of nitrogens with one attached hydrogen (secondary N) is 1. The number of hydrogen-bond acceptors (Lipinski definition) is 5. The molecule has 0 aromatic carbocycles. The Balaban J connectivity index is 1.33. The van der Waals surface area contributed by atoms with Crippen molar-refractivity contribution < 1.29 is 0 Å². The molecule has 1 aromatic heterocycles. The van der Waals surface area contributed by atoms with Crippen LogP contribution in [0.1, 0.15) is 63.0 Å². The summed E-state index contributed by atoms with van der Waals surface area (Å²) in [5, 5.41) is 3.45. The minimum Gasteiger partial charge on any atom is -0.370 e. The molecule has 1 saturated heterocycles. The zero-order chi connectivity index (χ0) is 15.9. The second-order valence-corrected chi connectivity index (χ2v) is 7.15. The molecule has 1 saturated carbocycles. The van der Waals surface area contributed by atoms with E-state index in [4.69, 9.17) is 5.73 Å². The van der Waals surface area contributed by atoms with E-state index in [1.54, 1.807) is 6.33 Å². The van der Waals surface area contributed by atoms with Crippen molar-refractivity contribution in [3.63, 3.8) is 0 Å². The molecule has 0 bridgehead atoms. The van der Waals surface area contributed by atoms with E-state index in [1.807, 2.05) is 0 Å². The van der Waals surface area contributed by atoms with Crippen LogP contribution in [0.4, 0.5) is 5.82 Å². The van der Waals surface area contributed by atoms with E-state index in [0.717, 1.165) is 30.9 Å². The van der Waals surface area contributed by atoms with Gasteiger partial charge in [0.1, 0.15) is 12.1 Å². The number of unbranched alkanes of at least 4 members (excludes halogenated alkanes) is 1. The van der Waals surface area contributed by atoms with E-state index in [2.05, 4.69) is 26.3 Å². The zero-order valence-corrected chi connectivity index (χ0v) is 14.2. The van der Waals surface area contributed by atoms with Gasteiger partial charge in [-0.1, -0.05) is 12.8 Å². The SMILES string of the molecule is NC1CC(c2cc(NCCCCN3CCCCCC3)ncn2)C1. The first-order valence-corrected chi connectivity index (χ1v) is 9.35. The molecule has 1 aliphatic carbocycles. The second-order valence-electron chi connectivity index (χ2n) is 7.15. The van der Waals surface area contributed by atoms with Gasteiger partial charge in [0.25, 0.3) is 0 Å². The van der Waals surface area contributed by atoms with E-state index in [-0.39, 0.29) is 0 Å². The van der Waals surface area contributed by atoms with Crippen LogP contribution in [0.2, 0.25) is 0 Å². The minimum atomic E-state index is 0.366. The quantitative estimate of drug-likeness (QED) is 0.757. The van der Waals surface area contributed by atoms with Crippen molar-refractivity contribution in [3.8, 4) is 0 Å². The number of nitrogens with two attached hydrogens (primary N) is 1. The minimum absolute atomic E-state index is 0.366. The number of aromatic nitrogens is 2. The maximum absolute atomic E-state index is 5.87. The number of rotatable bonds is 7. The Kier molecular flexibility index (Phi) is 6.22. The van der Waals surface area contributed by atoms with Crippen LogP contribution in [0.5, 0.6) is 0 Å². The highest BCUT2D eigenvalue weighted by Crippen LogP contribution is 2.34. The Morgan fingerprint density at radius 1 is 1.09 bits per heavy atom. The third-order valence-electron chi connectivity index (χ3n) is 5.19. The van der Waals surface area contributed by atoms with Crippen molar-refractivity contribution in [3.05, 3.63) is 18.1 Å². The van der Waals surface area contributed by atoms with E-state index < -0.39 is 0 Å². The molecule has 0 radical (unpaired) electrons. The highest BCUT2D eigenvalue weighted by Gasteiger charge is 2.28. The maximum atomic E-state index is 5.87. The van der Waals surface area contributed by atoms with Crippen molar-refractivity contribution in [1.29, 1.82) is 0 Å². The van der Waals surface area contributed by atoms with E-state index in [0.29, 0.717) is 12.0 Å². The van der Waals surface area contributed by atoms with Gasteiger partial charge in [0.2, 0.25) is 0 Å². The lowest BCUT2D eigenvalue weighted by Crippen LogP contribution is -2.35. The van der Waals surface area contributed by atoms with E-state index in [1.165, 1.54) is 58.2 Å². The second kappa shape index (κ2) is 8.60. The monoisotopic (exact) mass is 317 g/mol. The molecule has 0 amide bonds. The third-order valence-corrected chi connectivity index (χ3v) is 5.19. The van der Waals surface area contributed by atoms with E-state index >= 15 is 0 Å². The highest BCUT2D eigenvalue weighted by atomic mass is 15.1. The molecule has 1 aromatic rings. The standard InChI is InChI=1S/C18H31N5/c19-16-11-15(12-16)17-13-18(22-14-21-17)20-7-3-6-10-23-8-4-1-2-5-9-23/h13-16H,1-12,19H2,(H,20,21,22). The molecule has 2 heterocycles. The average Bonchev–Trinajstić information content (AvgIpc) is 2.81. The molecule has 5 nitrogen and oxygen atoms in total. The zero-order valence-electron chi connectivity index (χ0n) is 14.2. The molecule has 23 heavy (non-hydrogen) atoms. The Morgan fingerprint density at radius 2 is 1.87 bits per heavy atom. The highest BCUT2D eigenvalue weighted by molar-refractivity contribution is 5.36. The van der Waals surface area contributed by atoms with Gasteiger partial charge >= 0.3 is 0 Å². The summed E-state index contributed by atoms with van der Waals surface area (Å²) in [6.07, 6.45) is 11.9. The van der Waals surface area contributed by atoms with Gasteiger partial charge in [-0.3, -0.25) is 0 Å². The van der Waals surface area contributed by atoms with Crippen LogP contribution in [0.15, 0.2) is 12.4 Å². The fourth-order valence-electron chi connectivity index (χ4n) is 3.63. The molecular weight excluding hydrogens is 286 g/mol. The van der Waals surface area contributed by atoms with Crippen LogP contribution in [0.3, 0.4) is 0 Å². The number of hydrogen-bond donors (Lipinski definition) is 2. The average molecular weight is 317 g/mol. The molecule has 0 unspecified atom stereocenters. The summed E-state index contributed by atoms with van der Waals surface area (Å²) in [6, 6.07) is 2.47. The largest absolute Gasteiger partial charge is 0.370 e. The number of anilines is 1. The van der Waals surface area contributed by atoms with Crippen LogP contribution in [-0.4, -0.2) is 47.1 Å². The molecule has 0 spiro atoms. The molecule has 2 aliphatic rings. The summed E-state index contributed by atoms with van der Waals surface area (Å²) in [4.78, 5) is 11.4. The summed E-state index contributed by atoms with van der Waals surface area (Å²) in [7, 11) is 0. The molecule has 128 valence electrons. The molecule has 3 rings (SSSR count).